The van der Waals surface area contributed by atoms with Gasteiger partial charge in [0.05, 0.1) is 15.1 Å². The first-order valence-corrected chi connectivity index (χ1v) is 11.1. The standard InChI is InChI=1S/C22H14.C6H3Cl3/c1-2-6-16-10-20-14-22-12-18-8-4-3-7-17(18)11-21(22)13-19(20)9-15(16)5-1;7-4-2-1-3-5(8)6(4)9/h1-14H;1-3H. The van der Waals surface area contributed by atoms with Crippen LogP contribution in [0.2, 0.25) is 15.1 Å². The van der Waals surface area contributed by atoms with E-state index in [-0.39, 0.29) is 0 Å². The van der Waals surface area contributed by atoms with Crippen molar-refractivity contribution in [2.24, 2.45) is 0 Å². The van der Waals surface area contributed by atoms with Crippen LogP contribution in [-0.2, 0) is 0 Å². The molecule has 0 spiro atoms. The normalized spacial score (nSPS) is 11.1. The summed E-state index contributed by atoms with van der Waals surface area (Å²) >= 11 is 16.8. The van der Waals surface area contributed by atoms with E-state index in [1.807, 2.05) is 0 Å². The van der Waals surface area contributed by atoms with E-state index in [1.54, 1.807) is 18.2 Å². The summed E-state index contributed by atoms with van der Waals surface area (Å²) in [5.74, 6) is 0. The highest BCUT2D eigenvalue weighted by Gasteiger charge is 2.03. The quantitative estimate of drug-likeness (QED) is 0.156. The van der Waals surface area contributed by atoms with Gasteiger partial charge in [-0.05, 0) is 91.6 Å². The average molecular weight is 460 g/mol. The summed E-state index contributed by atoms with van der Waals surface area (Å²) in [6.07, 6.45) is 0. The Hall–Kier alpha value is -2.77. The zero-order chi connectivity index (χ0) is 21.4. The van der Waals surface area contributed by atoms with E-state index in [0.717, 1.165) is 0 Å². The van der Waals surface area contributed by atoms with Crippen LogP contribution in [0.25, 0.3) is 43.1 Å². The molecule has 31 heavy (non-hydrogen) atoms. The molecule has 0 atom stereocenters. The van der Waals surface area contributed by atoms with Crippen LogP contribution in [0.5, 0.6) is 0 Å². The molecule has 6 rings (SSSR count). The molecule has 0 bridgehead atoms. The van der Waals surface area contributed by atoms with E-state index in [2.05, 4.69) is 84.9 Å². The predicted molar refractivity (Wildman–Crippen MR) is 138 cm³/mol. The monoisotopic (exact) mass is 458 g/mol. The molecular weight excluding hydrogens is 443 g/mol. The number of halogens is 3. The highest BCUT2D eigenvalue weighted by atomic mass is 35.5. The molecule has 0 saturated heterocycles. The van der Waals surface area contributed by atoms with Gasteiger partial charge in [-0.1, -0.05) is 89.4 Å². The molecule has 0 aliphatic carbocycles. The molecule has 0 aliphatic heterocycles. The van der Waals surface area contributed by atoms with Crippen molar-refractivity contribution < 1.29 is 0 Å². The first-order chi connectivity index (χ1) is 15.1. The third-order valence-electron chi connectivity index (χ3n) is 5.43. The van der Waals surface area contributed by atoms with Gasteiger partial charge in [0, 0.05) is 0 Å². The number of fused-ring (bicyclic) bond motifs is 4. The molecule has 150 valence electrons. The Labute approximate surface area is 195 Å². The van der Waals surface area contributed by atoms with Crippen molar-refractivity contribution in [2.75, 3.05) is 0 Å². The van der Waals surface area contributed by atoms with Crippen molar-refractivity contribution in [2.45, 2.75) is 0 Å². The molecule has 0 heterocycles. The van der Waals surface area contributed by atoms with Crippen molar-refractivity contribution in [3.63, 3.8) is 0 Å². The van der Waals surface area contributed by atoms with Crippen LogP contribution in [0.1, 0.15) is 0 Å². The lowest BCUT2D eigenvalue weighted by Crippen LogP contribution is -1.80. The van der Waals surface area contributed by atoms with Gasteiger partial charge in [-0.25, -0.2) is 0 Å². The molecule has 0 N–H and O–H groups in total. The molecule has 6 aromatic rings. The van der Waals surface area contributed by atoms with Gasteiger partial charge in [-0.2, -0.15) is 0 Å². The van der Waals surface area contributed by atoms with Gasteiger partial charge in [0.2, 0.25) is 0 Å². The van der Waals surface area contributed by atoms with E-state index in [4.69, 9.17) is 34.8 Å². The van der Waals surface area contributed by atoms with Gasteiger partial charge in [0.15, 0.2) is 0 Å². The second-order valence-electron chi connectivity index (χ2n) is 7.48. The van der Waals surface area contributed by atoms with Crippen molar-refractivity contribution in [3.05, 3.63) is 118 Å². The molecule has 0 saturated carbocycles. The molecule has 3 heteroatoms. The third-order valence-corrected chi connectivity index (χ3v) is 6.66. The lowest BCUT2D eigenvalue weighted by Gasteiger charge is -2.07. The molecule has 0 aliphatic rings. The van der Waals surface area contributed by atoms with Gasteiger partial charge < -0.3 is 0 Å². The Morgan fingerprint density at radius 3 is 0.903 bits per heavy atom. The van der Waals surface area contributed by atoms with Crippen LogP contribution in [0, 0.1) is 0 Å². The molecule has 0 fully saturated rings. The maximum absolute atomic E-state index is 5.61. The Balaban J connectivity index is 0.000000192. The van der Waals surface area contributed by atoms with Gasteiger partial charge in [-0.3, -0.25) is 0 Å². The summed E-state index contributed by atoms with van der Waals surface area (Å²) in [7, 11) is 0. The molecular formula is C28H17Cl3. The van der Waals surface area contributed by atoms with Gasteiger partial charge in [0.1, 0.15) is 0 Å². The second-order valence-corrected chi connectivity index (χ2v) is 8.67. The smallest absolute Gasteiger partial charge is 0.0778 e. The van der Waals surface area contributed by atoms with E-state index < -0.39 is 0 Å². The maximum Gasteiger partial charge on any atom is 0.0778 e. The second kappa shape index (κ2) is 8.40. The SMILES string of the molecule is Clc1cccc(Cl)c1Cl.c1ccc2cc3cc4cc5ccccc5cc4cc3cc2c1. The summed E-state index contributed by atoms with van der Waals surface area (Å²) < 4.78 is 0. The summed E-state index contributed by atoms with van der Waals surface area (Å²) in [5.41, 5.74) is 0. The predicted octanol–water partition coefficient (Wildman–Crippen LogP) is 9.95. The summed E-state index contributed by atoms with van der Waals surface area (Å²) in [5, 5.41) is 11.8. The molecule has 0 amide bonds. The fourth-order valence-electron chi connectivity index (χ4n) is 3.86. The van der Waals surface area contributed by atoms with Crippen molar-refractivity contribution in [1.82, 2.24) is 0 Å². The average Bonchev–Trinajstić information content (AvgIpc) is 2.79. The Bertz CT molecular complexity index is 1360. The first kappa shape index (κ1) is 20.2. The number of benzene rings is 6. The van der Waals surface area contributed by atoms with Crippen LogP contribution in [0.15, 0.2) is 103 Å². The van der Waals surface area contributed by atoms with E-state index >= 15 is 0 Å². The molecule has 0 radical (unpaired) electrons. The Morgan fingerprint density at radius 1 is 0.323 bits per heavy atom. The Morgan fingerprint density at radius 2 is 0.613 bits per heavy atom. The van der Waals surface area contributed by atoms with Crippen LogP contribution >= 0.6 is 34.8 Å². The summed E-state index contributed by atoms with van der Waals surface area (Å²) in [4.78, 5) is 0. The number of hydrogen-bond acceptors (Lipinski definition) is 0. The van der Waals surface area contributed by atoms with Crippen LogP contribution < -0.4 is 0 Å². The molecule has 6 aromatic carbocycles. The molecule has 0 unspecified atom stereocenters. The first-order valence-electron chi connectivity index (χ1n) is 9.93. The lowest BCUT2D eigenvalue weighted by molar-refractivity contribution is 1.70. The highest BCUT2D eigenvalue weighted by molar-refractivity contribution is 6.47. The summed E-state index contributed by atoms with van der Waals surface area (Å²) in [6, 6.07) is 36.0. The molecule has 0 aromatic heterocycles. The van der Waals surface area contributed by atoms with Crippen LogP contribution in [-0.4, -0.2) is 0 Å². The van der Waals surface area contributed by atoms with Crippen LogP contribution in [0.4, 0.5) is 0 Å². The van der Waals surface area contributed by atoms with E-state index in [9.17, 15) is 0 Å². The fraction of sp³-hybridized carbons (Fsp3) is 0. The van der Waals surface area contributed by atoms with Gasteiger partial charge >= 0.3 is 0 Å². The number of hydrogen-bond donors (Lipinski definition) is 0. The van der Waals surface area contributed by atoms with Crippen molar-refractivity contribution in [3.8, 4) is 0 Å². The minimum absolute atomic E-state index is 0.417. The zero-order valence-corrected chi connectivity index (χ0v) is 18.7. The topological polar surface area (TPSA) is 0 Å². The van der Waals surface area contributed by atoms with Gasteiger partial charge in [0.25, 0.3) is 0 Å². The fourth-order valence-corrected chi connectivity index (χ4v) is 4.39. The minimum Gasteiger partial charge on any atom is -0.0827 e. The summed E-state index contributed by atoms with van der Waals surface area (Å²) in [6.45, 7) is 0. The molecule has 0 nitrogen and oxygen atoms in total. The largest absolute Gasteiger partial charge is 0.0827 e. The van der Waals surface area contributed by atoms with Crippen molar-refractivity contribution in [1.29, 1.82) is 0 Å². The van der Waals surface area contributed by atoms with Crippen LogP contribution in [0.3, 0.4) is 0 Å². The zero-order valence-electron chi connectivity index (χ0n) is 16.4. The number of rotatable bonds is 0. The maximum atomic E-state index is 5.61. The van der Waals surface area contributed by atoms with Gasteiger partial charge in [-0.15, -0.1) is 0 Å². The minimum atomic E-state index is 0.417. The third kappa shape index (κ3) is 4.07. The van der Waals surface area contributed by atoms with Crippen molar-refractivity contribution >= 4 is 77.9 Å². The van der Waals surface area contributed by atoms with E-state index in [1.165, 1.54) is 43.1 Å². The Kier molecular flexibility index (Phi) is 5.46. The lowest BCUT2D eigenvalue weighted by atomic mass is 9.97. The highest BCUT2D eigenvalue weighted by Crippen LogP contribution is 2.30. The van der Waals surface area contributed by atoms with E-state index in [0.29, 0.717) is 15.1 Å².